The van der Waals surface area contributed by atoms with Gasteiger partial charge in [0, 0.05) is 37.5 Å². The van der Waals surface area contributed by atoms with E-state index in [-0.39, 0.29) is 5.91 Å². The van der Waals surface area contributed by atoms with Crippen LogP contribution in [0.2, 0.25) is 0 Å². The van der Waals surface area contributed by atoms with Gasteiger partial charge in [0.2, 0.25) is 5.91 Å². The number of hydrogen-bond acceptors (Lipinski definition) is 4. The third-order valence-electron chi connectivity index (χ3n) is 3.90. The highest BCUT2D eigenvalue weighted by atomic mass is 32.2. The van der Waals surface area contributed by atoms with Crippen molar-refractivity contribution >= 4 is 17.7 Å². The Bertz CT molecular complexity index is 269. The first-order valence-corrected chi connectivity index (χ1v) is 8.32. The maximum Gasteiger partial charge on any atom is 0.234 e. The Morgan fingerprint density at radius 3 is 2.89 bits per heavy atom. The van der Waals surface area contributed by atoms with E-state index in [1.165, 1.54) is 12.8 Å². The van der Waals surface area contributed by atoms with Gasteiger partial charge < -0.3 is 10.6 Å². The molecule has 0 aromatic rings. The van der Waals surface area contributed by atoms with Crippen LogP contribution in [0.15, 0.2) is 0 Å². The average molecular weight is 271 g/mol. The predicted octanol–water partition coefficient (Wildman–Crippen LogP) is 0.682. The molecular formula is C13H25N3OS. The van der Waals surface area contributed by atoms with Crippen LogP contribution in [-0.2, 0) is 4.79 Å². The topological polar surface area (TPSA) is 44.4 Å². The van der Waals surface area contributed by atoms with Gasteiger partial charge in [0.25, 0.3) is 0 Å². The summed E-state index contributed by atoms with van der Waals surface area (Å²) in [5.41, 5.74) is 0. The van der Waals surface area contributed by atoms with E-state index in [0.717, 1.165) is 44.3 Å². The van der Waals surface area contributed by atoms with Gasteiger partial charge in [-0.05, 0) is 25.5 Å². The molecule has 0 bridgehead atoms. The zero-order chi connectivity index (χ0) is 12.8. The molecular weight excluding hydrogens is 246 g/mol. The predicted molar refractivity (Wildman–Crippen MR) is 77.0 cm³/mol. The van der Waals surface area contributed by atoms with Crippen molar-refractivity contribution in [3.63, 3.8) is 0 Å². The number of carbonyl (C=O) groups excluding carboxylic acids is 1. The first kappa shape index (κ1) is 14.2. The van der Waals surface area contributed by atoms with Crippen LogP contribution in [0.4, 0.5) is 0 Å². The summed E-state index contributed by atoms with van der Waals surface area (Å²) in [5, 5.41) is 7.26. The van der Waals surface area contributed by atoms with Crippen LogP contribution < -0.4 is 10.6 Å². The van der Waals surface area contributed by atoms with Crippen molar-refractivity contribution in [2.75, 3.05) is 39.0 Å². The van der Waals surface area contributed by atoms with Crippen LogP contribution in [-0.4, -0.2) is 61.1 Å². The van der Waals surface area contributed by atoms with Crippen molar-refractivity contribution in [1.29, 1.82) is 0 Å². The molecule has 1 saturated heterocycles. The molecule has 0 spiro atoms. The van der Waals surface area contributed by atoms with Crippen LogP contribution >= 0.6 is 11.8 Å². The molecule has 0 radical (unpaired) electrons. The van der Waals surface area contributed by atoms with E-state index in [0.29, 0.717) is 12.6 Å². The quantitative estimate of drug-likeness (QED) is 0.789. The van der Waals surface area contributed by atoms with Crippen LogP contribution in [0.3, 0.4) is 0 Å². The Morgan fingerprint density at radius 2 is 2.17 bits per heavy atom. The molecule has 1 amide bonds. The Balaban J connectivity index is 1.69. The summed E-state index contributed by atoms with van der Waals surface area (Å²) >= 11 is 1.94. The van der Waals surface area contributed by atoms with Crippen LogP contribution in [0.5, 0.6) is 0 Å². The first-order valence-electron chi connectivity index (χ1n) is 7.03. The van der Waals surface area contributed by atoms with Crippen LogP contribution in [0.1, 0.15) is 25.7 Å². The van der Waals surface area contributed by atoms with Gasteiger partial charge in [-0.1, -0.05) is 6.42 Å². The minimum atomic E-state index is 0.212. The minimum Gasteiger partial charge on any atom is -0.352 e. The SMILES string of the molecule is CSC1CCCC(NC(=O)CN2CCNCC2)C1. The first-order chi connectivity index (χ1) is 8.78. The smallest absolute Gasteiger partial charge is 0.234 e. The Labute approximate surface area is 114 Å². The molecule has 1 aliphatic heterocycles. The Morgan fingerprint density at radius 1 is 1.39 bits per heavy atom. The van der Waals surface area contributed by atoms with Crippen molar-refractivity contribution < 1.29 is 4.79 Å². The summed E-state index contributed by atoms with van der Waals surface area (Å²) in [5.74, 6) is 0.212. The zero-order valence-electron chi connectivity index (χ0n) is 11.3. The minimum absolute atomic E-state index is 0.212. The van der Waals surface area contributed by atoms with Crippen molar-refractivity contribution in [3.8, 4) is 0 Å². The van der Waals surface area contributed by atoms with Gasteiger partial charge >= 0.3 is 0 Å². The molecule has 2 unspecified atom stereocenters. The number of nitrogens with one attached hydrogen (secondary N) is 2. The summed E-state index contributed by atoms with van der Waals surface area (Å²) < 4.78 is 0. The lowest BCUT2D eigenvalue weighted by Crippen LogP contribution is -2.49. The highest BCUT2D eigenvalue weighted by molar-refractivity contribution is 7.99. The van der Waals surface area contributed by atoms with E-state index in [4.69, 9.17) is 0 Å². The van der Waals surface area contributed by atoms with Crippen molar-refractivity contribution in [3.05, 3.63) is 0 Å². The fraction of sp³-hybridized carbons (Fsp3) is 0.923. The van der Waals surface area contributed by atoms with E-state index in [9.17, 15) is 4.79 Å². The Hall–Kier alpha value is -0.260. The standard InChI is InChI=1S/C13H25N3OS/c1-18-12-4-2-3-11(9-12)15-13(17)10-16-7-5-14-6-8-16/h11-12,14H,2-10H2,1H3,(H,15,17). The summed E-state index contributed by atoms with van der Waals surface area (Å²) in [6, 6.07) is 0.409. The molecule has 5 heteroatoms. The van der Waals surface area contributed by atoms with Gasteiger partial charge in [0.15, 0.2) is 0 Å². The normalized spacial score (nSPS) is 30.1. The van der Waals surface area contributed by atoms with Gasteiger partial charge in [0.05, 0.1) is 6.54 Å². The monoisotopic (exact) mass is 271 g/mol. The second-order valence-corrected chi connectivity index (χ2v) is 6.45. The molecule has 2 aliphatic rings. The van der Waals surface area contributed by atoms with Crippen molar-refractivity contribution in [2.24, 2.45) is 0 Å². The van der Waals surface area contributed by atoms with Crippen LogP contribution in [0, 0.1) is 0 Å². The van der Waals surface area contributed by atoms with Gasteiger partial charge in [-0.3, -0.25) is 9.69 Å². The molecule has 1 aliphatic carbocycles. The molecule has 0 aromatic heterocycles. The molecule has 0 aromatic carbocycles. The number of hydrogen-bond donors (Lipinski definition) is 2. The molecule has 2 rings (SSSR count). The lowest BCUT2D eigenvalue weighted by atomic mass is 9.95. The van der Waals surface area contributed by atoms with Gasteiger partial charge in [-0.2, -0.15) is 11.8 Å². The fourth-order valence-electron chi connectivity index (χ4n) is 2.84. The largest absolute Gasteiger partial charge is 0.352 e. The second kappa shape index (κ2) is 7.36. The molecule has 104 valence electrons. The molecule has 1 heterocycles. The lowest BCUT2D eigenvalue weighted by molar-refractivity contribution is -0.123. The molecule has 2 fully saturated rings. The third-order valence-corrected chi connectivity index (χ3v) is 5.00. The zero-order valence-corrected chi connectivity index (χ0v) is 12.1. The maximum absolute atomic E-state index is 12.0. The third kappa shape index (κ3) is 4.44. The average Bonchev–Trinajstić information content (AvgIpc) is 2.40. The summed E-state index contributed by atoms with van der Waals surface area (Å²) in [6.45, 7) is 4.57. The number of amides is 1. The fourth-order valence-corrected chi connectivity index (χ4v) is 3.66. The van der Waals surface area contributed by atoms with Gasteiger partial charge in [-0.25, -0.2) is 0 Å². The van der Waals surface area contributed by atoms with Gasteiger partial charge in [-0.15, -0.1) is 0 Å². The van der Waals surface area contributed by atoms with E-state index in [2.05, 4.69) is 21.8 Å². The number of piperazine rings is 1. The molecule has 2 atom stereocenters. The number of thioether (sulfide) groups is 1. The van der Waals surface area contributed by atoms with Crippen molar-refractivity contribution in [2.45, 2.75) is 37.0 Å². The van der Waals surface area contributed by atoms with Gasteiger partial charge in [0.1, 0.15) is 0 Å². The molecule has 18 heavy (non-hydrogen) atoms. The van der Waals surface area contributed by atoms with Crippen molar-refractivity contribution in [1.82, 2.24) is 15.5 Å². The molecule has 2 N–H and O–H groups in total. The van der Waals surface area contributed by atoms with E-state index in [1.54, 1.807) is 0 Å². The summed E-state index contributed by atoms with van der Waals surface area (Å²) in [7, 11) is 0. The highest BCUT2D eigenvalue weighted by Crippen LogP contribution is 2.26. The number of rotatable bonds is 4. The summed E-state index contributed by atoms with van der Waals surface area (Å²) in [4.78, 5) is 14.2. The van der Waals surface area contributed by atoms with E-state index < -0.39 is 0 Å². The lowest BCUT2D eigenvalue weighted by Gasteiger charge is -2.30. The highest BCUT2D eigenvalue weighted by Gasteiger charge is 2.23. The van der Waals surface area contributed by atoms with E-state index in [1.807, 2.05) is 11.8 Å². The van der Waals surface area contributed by atoms with E-state index >= 15 is 0 Å². The van der Waals surface area contributed by atoms with Crippen LogP contribution in [0.25, 0.3) is 0 Å². The number of carbonyl (C=O) groups is 1. The summed E-state index contributed by atoms with van der Waals surface area (Å²) in [6.07, 6.45) is 7.05. The molecule has 1 saturated carbocycles. The maximum atomic E-state index is 12.0. The number of nitrogens with zero attached hydrogens (tertiary/aromatic N) is 1. The second-order valence-electron chi connectivity index (χ2n) is 5.31. The Kier molecular flexibility index (Phi) is 5.79. The molecule has 4 nitrogen and oxygen atoms in total.